The van der Waals surface area contributed by atoms with Gasteiger partial charge in [-0.15, -0.1) is 0 Å². The van der Waals surface area contributed by atoms with E-state index >= 15 is 0 Å². The summed E-state index contributed by atoms with van der Waals surface area (Å²) in [6.07, 6.45) is 2.01. The van der Waals surface area contributed by atoms with Gasteiger partial charge in [0, 0.05) is 23.0 Å². The van der Waals surface area contributed by atoms with Gasteiger partial charge in [0.15, 0.2) is 0 Å². The number of hydrogen-bond donors (Lipinski definition) is 2. The molecule has 1 aliphatic carbocycles. The van der Waals surface area contributed by atoms with Gasteiger partial charge in [0.25, 0.3) is 6.43 Å². The van der Waals surface area contributed by atoms with Gasteiger partial charge in [-0.2, -0.15) is 0 Å². The van der Waals surface area contributed by atoms with Crippen LogP contribution in [0.3, 0.4) is 0 Å². The van der Waals surface area contributed by atoms with Crippen molar-refractivity contribution in [3.8, 4) is 0 Å². The fourth-order valence-corrected chi connectivity index (χ4v) is 2.68. The van der Waals surface area contributed by atoms with Gasteiger partial charge < -0.3 is 11.1 Å². The van der Waals surface area contributed by atoms with Crippen LogP contribution in [-0.4, -0.2) is 6.04 Å². The van der Waals surface area contributed by atoms with Crippen molar-refractivity contribution in [1.82, 2.24) is 0 Å². The molecular weight excluding hydrogens is 234 g/mol. The Labute approximate surface area is 107 Å². The van der Waals surface area contributed by atoms with E-state index < -0.39 is 6.43 Å². The number of alkyl halides is 2. The Morgan fingerprint density at radius 3 is 2.78 bits per heavy atom. The highest BCUT2D eigenvalue weighted by Crippen LogP contribution is 2.32. The average molecular weight is 254 g/mol. The van der Waals surface area contributed by atoms with E-state index in [1.54, 1.807) is 12.1 Å². The maximum absolute atomic E-state index is 12.9. The molecule has 0 bridgehead atoms. The number of rotatable bonds is 3. The molecule has 18 heavy (non-hydrogen) atoms. The molecule has 3 N–H and O–H groups in total. The zero-order chi connectivity index (χ0) is 13.1. The molecule has 2 nitrogen and oxygen atoms in total. The maximum Gasteiger partial charge on any atom is 0.265 e. The lowest BCUT2D eigenvalue weighted by molar-refractivity contribution is 0.152. The molecule has 0 amide bonds. The second-order valence-electron chi connectivity index (χ2n) is 5.26. The third kappa shape index (κ3) is 3.12. The number of benzene rings is 1. The van der Waals surface area contributed by atoms with Crippen molar-refractivity contribution in [2.75, 3.05) is 11.1 Å². The standard InChI is InChI=1S/C14H20F2N2/c1-9-3-2-4-11(7-9)18-13-6-5-10(17)8-12(13)14(15)16/h5-6,8-9,11,14,18H,2-4,7,17H2,1H3. The SMILES string of the molecule is CC1CCCC(Nc2ccc(N)cc2C(F)F)C1. The summed E-state index contributed by atoms with van der Waals surface area (Å²) < 4.78 is 25.9. The summed E-state index contributed by atoms with van der Waals surface area (Å²) in [5.41, 5.74) is 6.48. The minimum Gasteiger partial charge on any atom is -0.399 e. The molecule has 2 rings (SSSR count). The summed E-state index contributed by atoms with van der Waals surface area (Å²) in [4.78, 5) is 0. The van der Waals surface area contributed by atoms with E-state index in [2.05, 4.69) is 12.2 Å². The monoisotopic (exact) mass is 254 g/mol. The van der Waals surface area contributed by atoms with Crippen LogP contribution in [0, 0.1) is 5.92 Å². The molecule has 1 aliphatic rings. The van der Waals surface area contributed by atoms with Gasteiger partial charge in [0.05, 0.1) is 0 Å². The first-order valence-electron chi connectivity index (χ1n) is 6.50. The van der Waals surface area contributed by atoms with Gasteiger partial charge in [-0.1, -0.05) is 19.8 Å². The normalized spacial score (nSPS) is 24.2. The number of halogens is 2. The van der Waals surface area contributed by atoms with Crippen molar-refractivity contribution < 1.29 is 8.78 Å². The van der Waals surface area contributed by atoms with Crippen LogP contribution in [0.15, 0.2) is 18.2 Å². The largest absolute Gasteiger partial charge is 0.399 e. The molecule has 1 aromatic rings. The summed E-state index contributed by atoms with van der Waals surface area (Å²) in [5, 5.41) is 3.25. The van der Waals surface area contributed by atoms with E-state index in [-0.39, 0.29) is 5.56 Å². The zero-order valence-corrected chi connectivity index (χ0v) is 10.6. The molecule has 0 aromatic heterocycles. The van der Waals surface area contributed by atoms with Gasteiger partial charge in [0.2, 0.25) is 0 Å². The first-order valence-corrected chi connectivity index (χ1v) is 6.50. The lowest BCUT2D eigenvalue weighted by Crippen LogP contribution is -2.26. The van der Waals surface area contributed by atoms with Crippen LogP contribution in [0.5, 0.6) is 0 Å². The van der Waals surface area contributed by atoms with Crippen molar-refractivity contribution in [1.29, 1.82) is 0 Å². The number of nitrogens with one attached hydrogen (secondary N) is 1. The molecule has 0 heterocycles. The molecule has 2 atom stereocenters. The smallest absolute Gasteiger partial charge is 0.265 e. The summed E-state index contributed by atoms with van der Waals surface area (Å²) >= 11 is 0. The van der Waals surface area contributed by atoms with E-state index in [0.29, 0.717) is 23.3 Å². The molecule has 4 heteroatoms. The molecule has 0 spiro atoms. The fraction of sp³-hybridized carbons (Fsp3) is 0.571. The Hall–Kier alpha value is -1.32. The minimum atomic E-state index is -2.49. The van der Waals surface area contributed by atoms with Crippen LogP contribution < -0.4 is 11.1 Å². The number of hydrogen-bond acceptors (Lipinski definition) is 2. The lowest BCUT2D eigenvalue weighted by atomic mass is 9.87. The Bertz CT molecular complexity index is 407. The van der Waals surface area contributed by atoms with Crippen molar-refractivity contribution in [2.45, 2.75) is 45.1 Å². The summed E-state index contributed by atoms with van der Waals surface area (Å²) in [6.45, 7) is 2.21. The molecule has 1 fully saturated rings. The van der Waals surface area contributed by atoms with Crippen molar-refractivity contribution in [3.05, 3.63) is 23.8 Å². The van der Waals surface area contributed by atoms with E-state index in [4.69, 9.17) is 5.73 Å². The second-order valence-corrected chi connectivity index (χ2v) is 5.26. The quantitative estimate of drug-likeness (QED) is 0.793. The topological polar surface area (TPSA) is 38.0 Å². The minimum absolute atomic E-state index is 0.00762. The van der Waals surface area contributed by atoms with E-state index in [9.17, 15) is 8.78 Å². The molecule has 0 saturated heterocycles. The van der Waals surface area contributed by atoms with Gasteiger partial charge in [-0.25, -0.2) is 8.78 Å². The average Bonchev–Trinajstić information content (AvgIpc) is 2.31. The number of nitrogens with two attached hydrogens (primary N) is 1. The summed E-state index contributed by atoms with van der Waals surface area (Å²) in [6, 6.07) is 4.99. The van der Waals surface area contributed by atoms with Gasteiger partial charge in [-0.3, -0.25) is 0 Å². The Kier molecular flexibility index (Phi) is 4.04. The van der Waals surface area contributed by atoms with E-state index in [1.807, 2.05) is 0 Å². The first-order chi connectivity index (χ1) is 8.56. The van der Waals surface area contributed by atoms with Gasteiger partial charge in [-0.05, 0) is 37.0 Å². The molecule has 1 aromatic carbocycles. The summed E-state index contributed by atoms with van der Waals surface area (Å²) in [7, 11) is 0. The van der Waals surface area contributed by atoms with E-state index in [0.717, 1.165) is 19.3 Å². The van der Waals surface area contributed by atoms with Crippen molar-refractivity contribution in [3.63, 3.8) is 0 Å². The highest BCUT2D eigenvalue weighted by atomic mass is 19.3. The predicted octanol–water partition coefficient (Wildman–Crippen LogP) is 4.20. The molecule has 0 radical (unpaired) electrons. The molecule has 100 valence electrons. The van der Waals surface area contributed by atoms with Crippen LogP contribution in [0.25, 0.3) is 0 Å². The highest BCUT2D eigenvalue weighted by Gasteiger charge is 2.21. The third-order valence-electron chi connectivity index (χ3n) is 3.61. The van der Waals surface area contributed by atoms with Crippen LogP contribution >= 0.6 is 0 Å². The lowest BCUT2D eigenvalue weighted by Gasteiger charge is -2.29. The second kappa shape index (κ2) is 5.55. The van der Waals surface area contributed by atoms with E-state index in [1.165, 1.54) is 12.5 Å². The number of anilines is 2. The van der Waals surface area contributed by atoms with Crippen molar-refractivity contribution in [2.24, 2.45) is 5.92 Å². The van der Waals surface area contributed by atoms with Gasteiger partial charge in [0.1, 0.15) is 0 Å². The van der Waals surface area contributed by atoms with Crippen LogP contribution in [0.2, 0.25) is 0 Å². The Balaban J connectivity index is 2.12. The molecule has 1 saturated carbocycles. The fourth-order valence-electron chi connectivity index (χ4n) is 2.68. The molecule has 0 aliphatic heterocycles. The third-order valence-corrected chi connectivity index (χ3v) is 3.61. The Morgan fingerprint density at radius 1 is 1.33 bits per heavy atom. The molecular formula is C14H20F2N2. The maximum atomic E-state index is 12.9. The zero-order valence-electron chi connectivity index (χ0n) is 10.6. The number of nitrogen functional groups attached to an aromatic ring is 1. The molecule has 2 unspecified atom stereocenters. The highest BCUT2D eigenvalue weighted by molar-refractivity contribution is 5.59. The van der Waals surface area contributed by atoms with Crippen molar-refractivity contribution >= 4 is 11.4 Å². The Morgan fingerprint density at radius 2 is 2.11 bits per heavy atom. The predicted molar refractivity (Wildman–Crippen MR) is 70.9 cm³/mol. The summed E-state index contributed by atoms with van der Waals surface area (Å²) in [5.74, 6) is 0.667. The van der Waals surface area contributed by atoms with Crippen LogP contribution in [0.4, 0.5) is 20.2 Å². The van der Waals surface area contributed by atoms with Crippen LogP contribution in [0.1, 0.15) is 44.6 Å². The van der Waals surface area contributed by atoms with Crippen LogP contribution in [-0.2, 0) is 0 Å². The van der Waals surface area contributed by atoms with Gasteiger partial charge >= 0.3 is 0 Å². The first kappa shape index (κ1) is 13.1.